The molecule has 2 aliphatic rings. The molecule has 0 radical (unpaired) electrons. The number of hydrogen-bond acceptors (Lipinski definition) is 6. The largest absolute Gasteiger partial charge is 0.465 e. The predicted octanol–water partition coefficient (Wildman–Crippen LogP) is 3.19. The summed E-state index contributed by atoms with van der Waals surface area (Å²) in [6, 6.07) is 9.54. The Hall–Kier alpha value is -1.91. The molecule has 1 aromatic rings. The van der Waals surface area contributed by atoms with Crippen molar-refractivity contribution >= 4 is 5.97 Å². The minimum Gasteiger partial charge on any atom is -0.465 e. The molecule has 0 spiro atoms. The Morgan fingerprint density at radius 1 is 1.03 bits per heavy atom. The Balaban J connectivity index is 1.31. The van der Waals surface area contributed by atoms with Gasteiger partial charge in [-0.3, -0.25) is 4.79 Å². The highest BCUT2D eigenvalue weighted by Gasteiger charge is 2.43. The van der Waals surface area contributed by atoms with E-state index in [4.69, 9.17) is 4.74 Å². The van der Waals surface area contributed by atoms with Gasteiger partial charge < -0.3 is 25.2 Å². The van der Waals surface area contributed by atoms with E-state index in [0.29, 0.717) is 32.3 Å². The minimum atomic E-state index is -0.752. The fourth-order valence-electron chi connectivity index (χ4n) is 4.92. The predicted molar refractivity (Wildman–Crippen MR) is 130 cm³/mol. The summed E-state index contributed by atoms with van der Waals surface area (Å²) in [4.78, 5) is 11.9. The van der Waals surface area contributed by atoms with Gasteiger partial charge in [-0.05, 0) is 68.9 Å². The topological polar surface area (TPSA) is 107 Å². The third-order valence-electron chi connectivity index (χ3n) is 7.45. The first-order chi connectivity index (χ1) is 16.4. The second kappa shape index (κ2) is 13.3. The smallest absolute Gasteiger partial charge is 0.305 e. The highest BCUT2D eigenvalue weighted by Crippen LogP contribution is 2.45. The summed E-state index contributed by atoms with van der Waals surface area (Å²) in [6.07, 6.45) is 6.38. The number of esters is 1. The third kappa shape index (κ3) is 8.39. The average molecular weight is 473 g/mol. The van der Waals surface area contributed by atoms with E-state index in [9.17, 15) is 25.2 Å². The molecule has 0 unspecified atom stereocenters. The number of ether oxygens (including phenoxy) is 1. The van der Waals surface area contributed by atoms with Gasteiger partial charge in [-0.25, -0.2) is 0 Å². The van der Waals surface area contributed by atoms with E-state index in [-0.39, 0.29) is 29.8 Å². The van der Waals surface area contributed by atoms with Gasteiger partial charge >= 0.3 is 5.97 Å². The summed E-state index contributed by atoms with van der Waals surface area (Å²) in [6.45, 7) is 0.418. The second-order valence-corrected chi connectivity index (χ2v) is 10.2. The highest BCUT2D eigenvalue weighted by molar-refractivity contribution is 5.69. The Bertz CT molecular complexity index is 809. The molecule has 0 heterocycles. The number of carbonyl (C=O) groups is 1. The summed E-state index contributed by atoms with van der Waals surface area (Å²) >= 11 is 0. The van der Waals surface area contributed by atoms with Crippen molar-refractivity contribution in [1.82, 2.24) is 0 Å². The molecule has 1 aromatic carbocycles. The van der Waals surface area contributed by atoms with Crippen LogP contribution in [-0.2, 0) is 9.53 Å². The fraction of sp³-hybridized carbons (Fsp3) is 0.679. The lowest BCUT2D eigenvalue weighted by Gasteiger charge is -2.24. The summed E-state index contributed by atoms with van der Waals surface area (Å²) in [5.41, 5.74) is 0.699. The maximum atomic E-state index is 11.9. The van der Waals surface area contributed by atoms with E-state index in [1.54, 1.807) is 0 Å². The van der Waals surface area contributed by atoms with Crippen LogP contribution in [-0.4, -0.2) is 57.9 Å². The Kier molecular flexibility index (Phi) is 10.4. The molecule has 0 bridgehead atoms. The van der Waals surface area contributed by atoms with Crippen LogP contribution in [0.5, 0.6) is 0 Å². The minimum absolute atomic E-state index is 0.0283. The zero-order valence-corrected chi connectivity index (χ0v) is 20.1. The zero-order valence-electron chi connectivity index (χ0n) is 20.1. The Morgan fingerprint density at radius 2 is 1.71 bits per heavy atom. The van der Waals surface area contributed by atoms with Crippen LogP contribution in [0.1, 0.15) is 76.2 Å². The molecule has 4 N–H and O–H groups in total. The molecule has 6 nitrogen and oxygen atoms in total. The van der Waals surface area contributed by atoms with Crippen LogP contribution in [0.15, 0.2) is 30.3 Å². The van der Waals surface area contributed by atoms with Gasteiger partial charge in [0.15, 0.2) is 0 Å². The molecule has 6 heteroatoms. The Labute approximate surface area is 203 Å². The molecule has 2 saturated carbocycles. The van der Waals surface area contributed by atoms with Crippen LogP contribution in [0.3, 0.4) is 0 Å². The fourth-order valence-corrected chi connectivity index (χ4v) is 4.92. The lowest BCUT2D eigenvalue weighted by atomic mass is 9.85. The van der Waals surface area contributed by atoms with Crippen LogP contribution < -0.4 is 0 Å². The number of unbranched alkanes of at least 4 members (excludes halogenated alkanes) is 3. The van der Waals surface area contributed by atoms with E-state index >= 15 is 0 Å². The summed E-state index contributed by atoms with van der Waals surface area (Å²) in [5, 5.41) is 40.4. The van der Waals surface area contributed by atoms with Gasteiger partial charge in [0.2, 0.25) is 0 Å². The maximum Gasteiger partial charge on any atom is 0.305 e. The number of aliphatic hydroxyl groups is 4. The lowest BCUT2D eigenvalue weighted by molar-refractivity contribution is -0.146. The van der Waals surface area contributed by atoms with E-state index in [0.717, 1.165) is 50.5 Å². The molecule has 188 valence electrons. The molecule has 2 aliphatic carbocycles. The van der Waals surface area contributed by atoms with Crippen molar-refractivity contribution in [3.63, 3.8) is 0 Å². The zero-order chi connectivity index (χ0) is 24.4. The quantitative estimate of drug-likeness (QED) is 0.200. The van der Waals surface area contributed by atoms with Crippen molar-refractivity contribution in [3.8, 4) is 11.8 Å². The van der Waals surface area contributed by atoms with Crippen LogP contribution in [0.2, 0.25) is 0 Å². The third-order valence-corrected chi connectivity index (χ3v) is 7.45. The standard InChI is InChI=1S/C28H40O6/c29-19-28(16-17-28)20-34-27(33)11-7-2-1-6-10-23-24(26(32)18-25(23)31)15-14-22(30)13-12-21-8-4-3-5-9-21/h3-5,8-9,22-26,29-32H,1-2,6-7,10-11,14-20H2/t22-,23+,24+,25-,26+/m0/s1. The second-order valence-electron chi connectivity index (χ2n) is 10.2. The van der Waals surface area contributed by atoms with Crippen molar-refractivity contribution < 1.29 is 30.0 Å². The number of hydrogen-bond donors (Lipinski definition) is 4. The van der Waals surface area contributed by atoms with Gasteiger partial charge in [-0.15, -0.1) is 0 Å². The molecule has 2 fully saturated rings. The normalized spacial score (nSPS) is 25.9. The van der Waals surface area contributed by atoms with E-state index in [1.807, 2.05) is 30.3 Å². The molecule has 0 saturated heterocycles. The van der Waals surface area contributed by atoms with Gasteiger partial charge in [-0.2, -0.15) is 0 Å². The van der Waals surface area contributed by atoms with Crippen molar-refractivity contribution in [1.29, 1.82) is 0 Å². The van der Waals surface area contributed by atoms with E-state index < -0.39 is 18.3 Å². The lowest BCUT2D eigenvalue weighted by Crippen LogP contribution is -2.23. The molecule has 0 aromatic heterocycles. The van der Waals surface area contributed by atoms with Gasteiger partial charge in [0.05, 0.1) is 25.4 Å². The first-order valence-electron chi connectivity index (χ1n) is 12.8. The summed E-state index contributed by atoms with van der Waals surface area (Å²) in [5.74, 6) is 5.66. The molecule has 0 aliphatic heterocycles. The highest BCUT2D eigenvalue weighted by atomic mass is 16.5. The van der Waals surface area contributed by atoms with Crippen LogP contribution in [0, 0.1) is 29.1 Å². The van der Waals surface area contributed by atoms with Crippen molar-refractivity contribution in [2.24, 2.45) is 17.3 Å². The summed E-state index contributed by atoms with van der Waals surface area (Å²) in [7, 11) is 0. The molecule has 3 rings (SSSR count). The molecule has 0 amide bonds. The SMILES string of the molecule is O=C(CCCCCC[C@@H]1[C@@H](CC[C@@H](O)C#Cc2ccccc2)[C@H](O)C[C@@H]1O)OCC1(CO)CC1. The van der Waals surface area contributed by atoms with Gasteiger partial charge in [0.1, 0.15) is 6.10 Å². The van der Waals surface area contributed by atoms with Gasteiger partial charge in [0.25, 0.3) is 0 Å². The van der Waals surface area contributed by atoms with Gasteiger partial charge in [-0.1, -0.05) is 49.3 Å². The molecular formula is C28H40O6. The van der Waals surface area contributed by atoms with E-state index in [1.165, 1.54) is 0 Å². The van der Waals surface area contributed by atoms with Crippen LogP contribution in [0.25, 0.3) is 0 Å². The Morgan fingerprint density at radius 3 is 2.38 bits per heavy atom. The number of rotatable bonds is 13. The number of aliphatic hydroxyl groups excluding tert-OH is 4. The summed E-state index contributed by atoms with van der Waals surface area (Å²) < 4.78 is 5.29. The average Bonchev–Trinajstić information content (AvgIpc) is 3.57. The monoisotopic (exact) mass is 472 g/mol. The molecular weight excluding hydrogens is 432 g/mol. The molecule has 34 heavy (non-hydrogen) atoms. The van der Waals surface area contributed by atoms with E-state index in [2.05, 4.69) is 11.8 Å². The van der Waals surface area contributed by atoms with Crippen LogP contribution in [0.4, 0.5) is 0 Å². The maximum absolute atomic E-state index is 11.9. The first-order valence-corrected chi connectivity index (χ1v) is 12.8. The van der Waals surface area contributed by atoms with Crippen molar-refractivity contribution in [2.45, 2.75) is 88.9 Å². The van der Waals surface area contributed by atoms with Crippen molar-refractivity contribution in [2.75, 3.05) is 13.2 Å². The van der Waals surface area contributed by atoms with Crippen LogP contribution >= 0.6 is 0 Å². The molecule has 5 atom stereocenters. The number of benzene rings is 1. The first kappa shape index (κ1) is 26.7. The number of carbonyl (C=O) groups excluding carboxylic acids is 1. The van der Waals surface area contributed by atoms with Gasteiger partial charge in [0, 0.05) is 17.4 Å². The van der Waals surface area contributed by atoms with Crippen molar-refractivity contribution in [3.05, 3.63) is 35.9 Å².